The van der Waals surface area contributed by atoms with Crippen molar-refractivity contribution < 1.29 is 0 Å². The molecule has 2 rings (SSSR count). The third-order valence-electron chi connectivity index (χ3n) is 2.06. The zero-order valence-corrected chi connectivity index (χ0v) is 8.39. The first-order valence-electron chi connectivity index (χ1n) is 4.28. The molecule has 0 unspecified atom stereocenters. The molecule has 0 aliphatic heterocycles. The zero-order valence-electron chi connectivity index (χ0n) is 8.39. The second-order valence-corrected chi connectivity index (χ2v) is 3.06. The molecule has 14 heavy (non-hydrogen) atoms. The normalized spacial score (nSPS) is 10.5. The molecule has 1 N–H and O–H groups in total. The van der Waals surface area contributed by atoms with Crippen LogP contribution in [-0.2, 0) is 14.1 Å². The molecule has 2 aromatic rings. The molecule has 0 saturated carbocycles. The standard InChI is InChI=1S/C8H12N6/c1-9-8-12-11-7(14(8)3)6-4-10-13(2)5-6/h4-5H,1-3H3,(H,9,12). The summed E-state index contributed by atoms with van der Waals surface area (Å²) in [5, 5.41) is 15.1. The highest BCUT2D eigenvalue weighted by molar-refractivity contribution is 5.54. The maximum atomic E-state index is 4.08. The van der Waals surface area contributed by atoms with Crippen molar-refractivity contribution in [1.29, 1.82) is 0 Å². The molecular formula is C8H12N6. The molecule has 0 saturated heterocycles. The number of rotatable bonds is 2. The zero-order chi connectivity index (χ0) is 10.1. The summed E-state index contributed by atoms with van der Waals surface area (Å²) < 4.78 is 3.63. The maximum Gasteiger partial charge on any atom is 0.224 e. The molecule has 0 spiro atoms. The van der Waals surface area contributed by atoms with E-state index in [4.69, 9.17) is 0 Å². The number of hydrogen-bond donors (Lipinski definition) is 1. The topological polar surface area (TPSA) is 60.6 Å². The van der Waals surface area contributed by atoms with Gasteiger partial charge in [-0.25, -0.2) is 0 Å². The second-order valence-electron chi connectivity index (χ2n) is 3.06. The predicted octanol–water partition coefficient (Wildman–Crippen LogP) is 0.257. The minimum Gasteiger partial charge on any atom is -0.357 e. The molecule has 2 aromatic heterocycles. The Kier molecular flexibility index (Phi) is 1.95. The van der Waals surface area contributed by atoms with Gasteiger partial charge in [-0.3, -0.25) is 9.25 Å². The fourth-order valence-corrected chi connectivity index (χ4v) is 1.33. The highest BCUT2D eigenvalue weighted by atomic mass is 15.3. The van der Waals surface area contributed by atoms with E-state index in [2.05, 4.69) is 20.6 Å². The monoisotopic (exact) mass is 192 g/mol. The molecule has 6 heteroatoms. The summed E-state index contributed by atoms with van der Waals surface area (Å²) in [5.41, 5.74) is 0.962. The van der Waals surface area contributed by atoms with E-state index in [0.29, 0.717) is 0 Å². The Labute approximate surface area is 81.6 Å². The Morgan fingerprint density at radius 2 is 2.07 bits per heavy atom. The van der Waals surface area contributed by atoms with E-state index in [-0.39, 0.29) is 0 Å². The first-order valence-corrected chi connectivity index (χ1v) is 4.28. The molecule has 2 heterocycles. The average Bonchev–Trinajstić information content (AvgIpc) is 2.72. The van der Waals surface area contributed by atoms with Crippen LogP contribution in [0.15, 0.2) is 12.4 Å². The highest BCUT2D eigenvalue weighted by Gasteiger charge is 2.10. The smallest absolute Gasteiger partial charge is 0.224 e. The largest absolute Gasteiger partial charge is 0.357 e. The molecule has 74 valence electrons. The maximum absolute atomic E-state index is 4.08. The Balaban J connectivity index is 2.46. The van der Waals surface area contributed by atoms with Gasteiger partial charge in [0.2, 0.25) is 5.95 Å². The lowest BCUT2D eigenvalue weighted by Crippen LogP contribution is -1.99. The summed E-state index contributed by atoms with van der Waals surface area (Å²) in [6, 6.07) is 0. The molecular weight excluding hydrogens is 180 g/mol. The van der Waals surface area contributed by atoms with Gasteiger partial charge in [0.25, 0.3) is 0 Å². The summed E-state index contributed by atoms with van der Waals surface area (Å²) in [5.74, 6) is 1.55. The van der Waals surface area contributed by atoms with Gasteiger partial charge >= 0.3 is 0 Å². The molecule has 6 nitrogen and oxygen atoms in total. The van der Waals surface area contributed by atoms with Crippen LogP contribution in [0.3, 0.4) is 0 Å². The van der Waals surface area contributed by atoms with E-state index >= 15 is 0 Å². The molecule has 0 aliphatic rings. The van der Waals surface area contributed by atoms with Gasteiger partial charge in [0.05, 0.1) is 11.8 Å². The predicted molar refractivity (Wildman–Crippen MR) is 52.8 cm³/mol. The van der Waals surface area contributed by atoms with Crippen LogP contribution in [0.1, 0.15) is 0 Å². The van der Waals surface area contributed by atoms with Gasteiger partial charge in [-0.2, -0.15) is 5.10 Å². The third-order valence-corrected chi connectivity index (χ3v) is 2.06. The molecule has 0 bridgehead atoms. The van der Waals surface area contributed by atoms with Crippen molar-refractivity contribution in [3.05, 3.63) is 12.4 Å². The quantitative estimate of drug-likeness (QED) is 0.741. The van der Waals surface area contributed by atoms with Crippen LogP contribution >= 0.6 is 0 Å². The Hall–Kier alpha value is -1.85. The van der Waals surface area contributed by atoms with Gasteiger partial charge in [0.15, 0.2) is 5.82 Å². The molecule has 0 atom stereocenters. The molecule has 0 aromatic carbocycles. The fraction of sp³-hybridized carbons (Fsp3) is 0.375. The summed E-state index contributed by atoms with van der Waals surface area (Å²) in [4.78, 5) is 0. The van der Waals surface area contributed by atoms with Gasteiger partial charge in [-0.15, -0.1) is 10.2 Å². The number of hydrogen-bond acceptors (Lipinski definition) is 4. The highest BCUT2D eigenvalue weighted by Crippen LogP contribution is 2.17. The van der Waals surface area contributed by atoms with E-state index in [9.17, 15) is 0 Å². The van der Waals surface area contributed by atoms with Gasteiger partial charge in [-0.05, 0) is 0 Å². The van der Waals surface area contributed by atoms with Crippen LogP contribution < -0.4 is 5.32 Å². The van der Waals surface area contributed by atoms with Crippen LogP contribution in [0.2, 0.25) is 0 Å². The van der Waals surface area contributed by atoms with E-state index in [1.807, 2.05) is 31.9 Å². The number of aryl methyl sites for hydroxylation is 1. The number of aromatic nitrogens is 5. The van der Waals surface area contributed by atoms with Gasteiger partial charge in [-0.1, -0.05) is 0 Å². The third kappa shape index (κ3) is 1.24. The number of nitrogens with one attached hydrogen (secondary N) is 1. The van der Waals surface area contributed by atoms with Gasteiger partial charge in [0.1, 0.15) is 0 Å². The van der Waals surface area contributed by atoms with Crippen molar-refractivity contribution >= 4 is 5.95 Å². The molecule has 0 aliphatic carbocycles. The lowest BCUT2D eigenvalue weighted by molar-refractivity contribution is 0.767. The molecule has 0 amide bonds. The van der Waals surface area contributed by atoms with Gasteiger partial charge < -0.3 is 5.32 Å². The van der Waals surface area contributed by atoms with E-state index < -0.39 is 0 Å². The van der Waals surface area contributed by atoms with E-state index in [1.54, 1.807) is 10.9 Å². The fourth-order valence-electron chi connectivity index (χ4n) is 1.33. The minimum atomic E-state index is 0.740. The summed E-state index contributed by atoms with van der Waals surface area (Å²) in [7, 11) is 5.60. The number of nitrogens with zero attached hydrogens (tertiary/aromatic N) is 5. The first-order chi connectivity index (χ1) is 6.72. The second kappa shape index (κ2) is 3.13. The minimum absolute atomic E-state index is 0.740. The Bertz CT molecular complexity index is 440. The summed E-state index contributed by atoms with van der Waals surface area (Å²) >= 11 is 0. The Morgan fingerprint density at radius 3 is 2.57 bits per heavy atom. The summed E-state index contributed by atoms with van der Waals surface area (Å²) in [6.45, 7) is 0. The van der Waals surface area contributed by atoms with Crippen molar-refractivity contribution in [2.75, 3.05) is 12.4 Å². The van der Waals surface area contributed by atoms with Crippen LogP contribution in [-0.4, -0.2) is 31.6 Å². The van der Waals surface area contributed by atoms with Crippen LogP contribution in [0.5, 0.6) is 0 Å². The molecule has 0 radical (unpaired) electrons. The first kappa shape index (κ1) is 8.74. The van der Waals surface area contributed by atoms with Crippen molar-refractivity contribution in [2.45, 2.75) is 0 Å². The van der Waals surface area contributed by atoms with Crippen LogP contribution in [0, 0.1) is 0 Å². The lowest BCUT2D eigenvalue weighted by atomic mass is 10.3. The van der Waals surface area contributed by atoms with E-state index in [0.717, 1.165) is 17.3 Å². The summed E-state index contributed by atoms with van der Waals surface area (Å²) in [6.07, 6.45) is 3.67. The Morgan fingerprint density at radius 1 is 1.29 bits per heavy atom. The van der Waals surface area contributed by atoms with Gasteiger partial charge in [0, 0.05) is 27.3 Å². The van der Waals surface area contributed by atoms with Crippen LogP contribution in [0.4, 0.5) is 5.95 Å². The number of anilines is 1. The van der Waals surface area contributed by atoms with Crippen molar-refractivity contribution in [1.82, 2.24) is 24.5 Å². The average molecular weight is 192 g/mol. The van der Waals surface area contributed by atoms with Crippen molar-refractivity contribution in [2.24, 2.45) is 14.1 Å². The SMILES string of the molecule is CNc1nnc(-c2cnn(C)c2)n1C. The molecule has 0 fully saturated rings. The lowest BCUT2D eigenvalue weighted by Gasteiger charge is -1.99. The van der Waals surface area contributed by atoms with E-state index in [1.165, 1.54) is 0 Å². The van der Waals surface area contributed by atoms with Crippen molar-refractivity contribution in [3.8, 4) is 11.4 Å². The van der Waals surface area contributed by atoms with Crippen molar-refractivity contribution in [3.63, 3.8) is 0 Å². The van der Waals surface area contributed by atoms with Crippen LogP contribution in [0.25, 0.3) is 11.4 Å².